The minimum Gasteiger partial charge on any atom is -0.351 e. The van der Waals surface area contributed by atoms with E-state index in [1.165, 1.54) is 25.7 Å². The van der Waals surface area contributed by atoms with Crippen LogP contribution >= 0.6 is 15.9 Å². The number of rotatable bonds is 4. The van der Waals surface area contributed by atoms with Gasteiger partial charge in [-0.1, -0.05) is 28.8 Å². The van der Waals surface area contributed by atoms with Crippen LogP contribution in [0.3, 0.4) is 0 Å². The number of halogens is 1. The van der Waals surface area contributed by atoms with Gasteiger partial charge in [-0.2, -0.15) is 5.10 Å². The molecule has 18 heavy (non-hydrogen) atoms. The zero-order chi connectivity index (χ0) is 13.2. The standard InChI is InChI=1S/C13H20BrN3O/c1-10-11(7-16-17(10)2)12(18)15-9-13(8-14)5-3-4-6-13/h7H,3-6,8-9H2,1-2H3,(H,15,18). The molecule has 2 rings (SSSR count). The summed E-state index contributed by atoms with van der Waals surface area (Å²) in [6.07, 6.45) is 6.58. The molecule has 0 radical (unpaired) electrons. The van der Waals surface area contributed by atoms with Crippen molar-refractivity contribution in [2.24, 2.45) is 12.5 Å². The van der Waals surface area contributed by atoms with Gasteiger partial charge in [0.25, 0.3) is 5.91 Å². The molecule has 0 aromatic carbocycles. The van der Waals surface area contributed by atoms with E-state index in [1.807, 2.05) is 14.0 Å². The van der Waals surface area contributed by atoms with E-state index in [4.69, 9.17) is 0 Å². The number of carbonyl (C=O) groups excluding carboxylic acids is 1. The first-order valence-electron chi connectivity index (χ1n) is 6.41. The lowest BCUT2D eigenvalue weighted by atomic mass is 9.89. The van der Waals surface area contributed by atoms with Crippen LogP contribution in [0.5, 0.6) is 0 Å². The van der Waals surface area contributed by atoms with Crippen molar-refractivity contribution in [3.8, 4) is 0 Å². The van der Waals surface area contributed by atoms with Crippen molar-refractivity contribution in [2.45, 2.75) is 32.6 Å². The molecule has 1 amide bonds. The van der Waals surface area contributed by atoms with Gasteiger partial charge in [0, 0.05) is 24.6 Å². The Labute approximate surface area is 116 Å². The number of aryl methyl sites for hydroxylation is 1. The Hall–Kier alpha value is -0.840. The first-order chi connectivity index (χ1) is 8.58. The molecule has 0 atom stereocenters. The molecule has 1 aliphatic carbocycles. The van der Waals surface area contributed by atoms with Crippen LogP contribution in [0.2, 0.25) is 0 Å². The second-order valence-electron chi connectivity index (χ2n) is 5.29. The first-order valence-corrected chi connectivity index (χ1v) is 7.53. The summed E-state index contributed by atoms with van der Waals surface area (Å²) in [7, 11) is 1.85. The van der Waals surface area contributed by atoms with E-state index in [2.05, 4.69) is 26.3 Å². The molecule has 5 heteroatoms. The Morgan fingerprint density at radius 1 is 1.56 bits per heavy atom. The van der Waals surface area contributed by atoms with Gasteiger partial charge in [-0.25, -0.2) is 0 Å². The normalized spacial score (nSPS) is 17.9. The van der Waals surface area contributed by atoms with Crippen LogP contribution in [0, 0.1) is 12.3 Å². The third-order valence-corrected chi connectivity index (χ3v) is 5.24. The molecule has 1 N–H and O–H groups in total. The van der Waals surface area contributed by atoms with Crippen molar-refractivity contribution in [1.82, 2.24) is 15.1 Å². The molecule has 100 valence electrons. The molecule has 1 aliphatic rings. The van der Waals surface area contributed by atoms with Crippen LogP contribution < -0.4 is 5.32 Å². The molecule has 0 aliphatic heterocycles. The van der Waals surface area contributed by atoms with Gasteiger partial charge in [-0.15, -0.1) is 0 Å². The minimum absolute atomic E-state index is 0.00664. The quantitative estimate of drug-likeness (QED) is 0.868. The highest BCUT2D eigenvalue weighted by Gasteiger charge is 2.33. The van der Waals surface area contributed by atoms with Gasteiger partial charge in [-0.05, 0) is 25.2 Å². The van der Waals surface area contributed by atoms with Gasteiger partial charge in [0.1, 0.15) is 0 Å². The summed E-state index contributed by atoms with van der Waals surface area (Å²) < 4.78 is 1.73. The second-order valence-corrected chi connectivity index (χ2v) is 5.85. The lowest BCUT2D eigenvalue weighted by Gasteiger charge is -2.26. The fraction of sp³-hybridized carbons (Fsp3) is 0.692. The fourth-order valence-corrected chi connectivity index (χ4v) is 3.33. The van der Waals surface area contributed by atoms with Gasteiger partial charge < -0.3 is 5.32 Å². The predicted molar refractivity (Wildman–Crippen MR) is 75.0 cm³/mol. The van der Waals surface area contributed by atoms with Crippen molar-refractivity contribution in [1.29, 1.82) is 0 Å². The monoisotopic (exact) mass is 313 g/mol. The maximum atomic E-state index is 12.1. The lowest BCUT2D eigenvalue weighted by Crippen LogP contribution is -2.37. The predicted octanol–water partition coefficient (Wildman–Crippen LogP) is 2.41. The topological polar surface area (TPSA) is 46.9 Å². The summed E-state index contributed by atoms with van der Waals surface area (Å²) in [4.78, 5) is 12.1. The van der Waals surface area contributed by atoms with Crippen LogP contribution in [0.4, 0.5) is 0 Å². The van der Waals surface area contributed by atoms with Crippen molar-refractivity contribution >= 4 is 21.8 Å². The number of amides is 1. The summed E-state index contributed by atoms with van der Waals surface area (Å²) in [5.74, 6) is -0.00664. The molecule has 0 unspecified atom stereocenters. The van der Waals surface area contributed by atoms with Crippen LogP contribution in [0.1, 0.15) is 41.7 Å². The van der Waals surface area contributed by atoms with Crippen molar-refractivity contribution in [3.05, 3.63) is 17.5 Å². The Balaban J connectivity index is 1.98. The molecule has 0 spiro atoms. The van der Waals surface area contributed by atoms with Crippen molar-refractivity contribution in [3.63, 3.8) is 0 Å². The zero-order valence-electron chi connectivity index (χ0n) is 11.0. The summed E-state index contributed by atoms with van der Waals surface area (Å²) >= 11 is 3.59. The average Bonchev–Trinajstić information content (AvgIpc) is 2.96. The van der Waals surface area contributed by atoms with E-state index >= 15 is 0 Å². The SMILES string of the molecule is Cc1c(C(=O)NCC2(CBr)CCCC2)cnn1C. The molecular weight excluding hydrogens is 294 g/mol. The third-order valence-electron chi connectivity index (χ3n) is 4.05. The highest BCUT2D eigenvalue weighted by atomic mass is 79.9. The number of hydrogen-bond acceptors (Lipinski definition) is 2. The molecule has 0 bridgehead atoms. The molecule has 1 aromatic heterocycles. The van der Waals surface area contributed by atoms with Gasteiger partial charge in [0.2, 0.25) is 0 Å². The molecule has 0 saturated heterocycles. The lowest BCUT2D eigenvalue weighted by molar-refractivity contribution is 0.0935. The number of alkyl halides is 1. The second kappa shape index (κ2) is 5.43. The van der Waals surface area contributed by atoms with E-state index in [0.717, 1.165) is 17.6 Å². The number of carbonyl (C=O) groups is 1. The Morgan fingerprint density at radius 2 is 2.22 bits per heavy atom. The first kappa shape index (κ1) is 13.6. The van der Waals surface area contributed by atoms with Crippen molar-refractivity contribution < 1.29 is 4.79 Å². The number of nitrogens with one attached hydrogen (secondary N) is 1. The molecule has 1 fully saturated rings. The Bertz CT molecular complexity index is 435. The van der Waals surface area contributed by atoms with Gasteiger partial charge in [0.05, 0.1) is 11.8 Å². The zero-order valence-corrected chi connectivity index (χ0v) is 12.6. The van der Waals surface area contributed by atoms with E-state index in [0.29, 0.717) is 5.56 Å². The fourth-order valence-electron chi connectivity index (χ4n) is 2.57. The number of aromatic nitrogens is 2. The number of nitrogens with zero attached hydrogens (tertiary/aromatic N) is 2. The largest absolute Gasteiger partial charge is 0.351 e. The van der Waals surface area contributed by atoms with Crippen LogP contribution in [0.25, 0.3) is 0 Å². The summed E-state index contributed by atoms with van der Waals surface area (Å²) in [5, 5.41) is 8.13. The van der Waals surface area contributed by atoms with Gasteiger partial charge in [0.15, 0.2) is 0 Å². The summed E-state index contributed by atoms with van der Waals surface area (Å²) in [6, 6.07) is 0. The molecule has 1 saturated carbocycles. The van der Waals surface area contributed by atoms with Crippen LogP contribution in [0.15, 0.2) is 6.20 Å². The summed E-state index contributed by atoms with van der Waals surface area (Å²) in [5.41, 5.74) is 1.85. The van der Waals surface area contributed by atoms with E-state index in [-0.39, 0.29) is 11.3 Å². The minimum atomic E-state index is -0.00664. The Kier molecular flexibility index (Phi) is 4.10. The third kappa shape index (κ3) is 2.60. The highest BCUT2D eigenvalue weighted by molar-refractivity contribution is 9.09. The maximum absolute atomic E-state index is 12.1. The smallest absolute Gasteiger partial charge is 0.254 e. The van der Waals surface area contributed by atoms with Crippen LogP contribution in [-0.2, 0) is 7.05 Å². The molecular formula is C13H20BrN3O. The van der Waals surface area contributed by atoms with Crippen molar-refractivity contribution in [2.75, 3.05) is 11.9 Å². The highest BCUT2D eigenvalue weighted by Crippen LogP contribution is 2.38. The number of hydrogen-bond donors (Lipinski definition) is 1. The maximum Gasteiger partial charge on any atom is 0.254 e. The molecule has 1 aromatic rings. The van der Waals surface area contributed by atoms with Crippen LogP contribution in [-0.4, -0.2) is 27.6 Å². The van der Waals surface area contributed by atoms with E-state index in [9.17, 15) is 4.79 Å². The van der Waals surface area contributed by atoms with E-state index in [1.54, 1.807) is 10.9 Å². The Morgan fingerprint density at radius 3 is 2.72 bits per heavy atom. The van der Waals surface area contributed by atoms with Gasteiger partial charge >= 0.3 is 0 Å². The molecule has 4 nitrogen and oxygen atoms in total. The average molecular weight is 314 g/mol. The van der Waals surface area contributed by atoms with E-state index < -0.39 is 0 Å². The molecule has 1 heterocycles. The van der Waals surface area contributed by atoms with Gasteiger partial charge in [-0.3, -0.25) is 9.48 Å². The summed E-state index contributed by atoms with van der Waals surface area (Å²) in [6.45, 7) is 2.67.